The van der Waals surface area contributed by atoms with Gasteiger partial charge in [-0.3, -0.25) is 4.79 Å². The second kappa shape index (κ2) is 10.9. The second-order valence-corrected chi connectivity index (χ2v) is 10.8. The monoisotopic (exact) mass is 450 g/mol. The number of benzene rings is 1. The van der Waals surface area contributed by atoms with Crippen molar-refractivity contribution in [3.05, 3.63) is 29.3 Å². The summed E-state index contributed by atoms with van der Waals surface area (Å²) in [5.74, 6) is -0.0293. The van der Waals surface area contributed by atoms with Gasteiger partial charge in [-0.25, -0.2) is 8.42 Å². The molecule has 8 heteroatoms. The Kier molecular flexibility index (Phi) is 8.50. The zero-order chi connectivity index (χ0) is 22.4. The maximum absolute atomic E-state index is 12.9. The van der Waals surface area contributed by atoms with E-state index < -0.39 is 10.0 Å². The van der Waals surface area contributed by atoms with E-state index in [-0.39, 0.29) is 11.8 Å². The van der Waals surface area contributed by atoms with Gasteiger partial charge in [0.2, 0.25) is 15.9 Å². The third-order valence-electron chi connectivity index (χ3n) is 6.80. The van der Waals surface area contributed by atoms with Crippen LogP contribution >= 0.6 is 0 Å². The summed E-state index contributed by atoms with van der Waals surface area (Å²) in [6.07, 6.45) is 2.11. The number of nitrogens with zero attached hydrogens (tertiary/aromatic N) is 3. The van der Waals surface area contributed by atoms with Crippen LogP contribution in [0.25, 0.3) is 0 Å². The van der Waals surface area contributed by atoms with Gasteiger partial charge in [-0.15, -0.1) is 0 Å². The molecule has 0 spiro atoms. The number of rotatable bonds is 8. The van der Waals surface area contributed by atoms with Crippen molar-refractivity contribution >= 4 is 15.9 Å². The number of sulfonamides is 1. The number of carbonyl (C=O) groups is 1. The minimum atomic E-state index is -3.50. The van der Waals surface area contributed by atoms with E-state index >= 15 is 0 Å². The van der Waals surface area contributed by atoms with E-state index in [1.165, 1.54) is 4.31 Å². The lowest BCUT2D eigenvalue weighted by Gasteiger charge is -2.34. The molecule has 2 fully saturated rings. The van der Waals surface area contributed by atoms with Crippen molar-refractivity contribution < 1.29 is 13.2 Å². The highest BCUT2D eigenvalue weighted by Gasteiger charge is 2.32. The van der Waals surface area contributed by atoms with Crippen molar-refractivity contribution in [1.82, 2.24) is 19.4 Å². The topological polar surface area (TPSA) is 73.0 Å². The van der Waals surface area contributed by atoms with E-state index in [0.717, 1.165) is 56.8 Å². The maximum atomic E-state index is 12.9. The van der Waals surface area contributed by atoms with Crippen molar-refractivity contribution in [1.29, 1.82) is 0 Å². The molecule has 31 heavy (non-hydrogen) atoms. The molecule has 0 radical (unpaired) electrons. The first kappa shape index (κ1) is 24.2. The quantitative estimate of drug-likeness (QED) is 0.612. The molecule has 1 N–H and O–H groups in total. The third kappa shape index (κ3) is 6.28. The number of aryl methyl sites for hydroxylation is 2. The van der Waals surface area contributed by atoms with Crippen LogP contribution in [0.2, 0.25) is 0 Å². The van der Waals surface area contributed by atoms with Gasteiger partial charge in [-0.2, -0.15) is 4.31 Å². The molecule has 0 aliphatic carbocycles. The van der Waals surface area contributed by atoms with Crippen LogP contribution in [0.1, 0.15) is 37.3 Å². The summed E-state index contributed by atoms with van der Waals surface area (Å²) in [6, 6.07) is 5.27. The number of piperidine rings is 1. The number of hydrogen-bond donors (Lipinski definition) is 1. The van der Waals surface area contributed by atoms with E-state index in [9.17, 15) is 13.2 Å². The molecule has 0 aromatic heterocycles. The first-order valence-electron chi connectivity index (χ1n) is 11.6. The first-order chi connectivity index (χ1) is 14.8. The van der Waals surface area contributed by atoms with Crippen molar-refractivity contribution in [2.45, 2.75) is 44.9 Å². The van der Waals surface area contributed by atoms with E-state index in [0.29, 0.717) is 37.4 Å². The number of piperazine rings is 1. The van der Waals surface area contributed by atoms with Crippen LogP contribution in [-0.2, 0) is 14.8 Å². The van der Waals surface area contributed by atoms with Crippen LogP contribution < -0.4 is 5.32 Å². The molecule has 7 nitrogen and oxygen atoms in total. The summed E-state index contributed by atoms with van der Waals surface area (Å²) in [6.45, 7) is 14.2. The third-order valence-corrected chi connectivity index (χ3v) is 8.70. The van der Waals surface area contributed by atoms with Crippen LogP contribution in [0.4, 0.5) is 0 Å². The van der Waals surface area contributed by atoms with E-state index in [4.69, 9.17) is 0 Å². The molecular formula is C23H38N4O3S. The van der Waals surface area contributed by atoms with Crippen LogP contribution in [0.15, 0.2) is 23.1 Å². The Morgan fingerprint density at radius 3 is 2.26 bits per heavy atom. The molecule has 2 heterocycles. The number of carbonyl (C=O) groups excluding carboxylic acids is 1. The number of likely N-dealkylation sites (N-methyl/N-ethyl adjacent to an activating group) is 1. The van der Waals surface area contributed by atoms with Crippen molar-refractivity contribution in [3.63, 3.8) is 0 Å². The largest absolute Gasteiger partial charge is 0.356 e. The first-order valence-corrected chi connectivity index (χ1v) is 13.0. The molecule has 0 saturated carbocycles. The molecule has 1 amide bonds. The van der Waals surface area contributed by atoms with Crippen LogP contribution in [0.3, 0.4) is 0 Å². The molecule has 0 bridgehead atoms. The van der Waals surface area contributed by atoms with E-state index in [1.807, 2.05) is 19.9 Å². The Morgan fingerprint density at radius 1 is 1.00 bits per heavy atom. The summed E-state index contributed by atoms with van der Waals surface area (Å²) < 4.78 is 27.4. The number of nitrogens with one attached hydrogen (secondary N) is 1. The lowest BCUT2D eigenvalue weighted by atomic mass is 9.97. The molecule has 174 valence electrons. The molecule has 0 atom stereocenters. The van der Waals surface area contributed by atoms with Crippen molar-refractivity contribution in [2.75, 3.05) is 58.9 Å². The molecule has 1 aromatic rings. The van der Waals surface area contributed by atoms with Crippen molar-refractivity contribution in [3.8, 4) is 0 Å². The van der Waals surface area contributed by atoms with Gasteiger partial charge in [-0.05, 0) is 69.5 Å². The van der Waals surface area contributed by atoms with Gasteiger partial charge in [0, 0.05) is 51.7 Å². The Labute approximate surface area is 187 Å². The van der Waals surface area contributed by atoms with Gasteiger partial charge in [0.15, 0.2) is 0 Å². The van der Waals surface area contributed by atoms with Crippen molar-refractivity contribution in [2.24, 2.45) is 5.92 Å². The van der Waals surface area contributed by atoms with E-state index in [2.05, 4.69) is 22.0 Å². The van der Waals surface area contributed by atoms with Gasteiger partial charge in [0.05, 0.1) is 4.90 Å². The summed E-state index contributed by atoms with van der Waals surface area (Å²) in [5.41, 5.74) is 2.06. The van der Waals surface area contributed by atoms with Crippen LogP contribution in [0.5, 0.6) is 0 Å². The minimum Gasteiger partial charge on any atom is -0.356 e. The highest BCUT2D eigenvalue weighted by Crippen LogP contribution is 2.25. The molecule has 2 saturated heterocycles. The van der Waals surface area contributed by atoms with Crippen LogP contribution in [-0.4, -0.2) is 87.3 Å². The Bertz CT molecular complexity index is 842. The van der Waals surface area contributed by atoms with Gasteiger partial charge in [0.1, 0.15) is 0 Å². The maximum Gasteiger partial charge on any atom is 0.243 e. The molecule has 2 aliphatic rings. The molecule has 0 unspecified atom stereocenters. The predicted molar refractivity (Wildman–Crippen MR) is 124 cm³/mol. The highest BCUT2D eigenvalue weighted by molar-refractivity contribution is 7.89. The van der Waals surface area contributed by atoms with Crippen LogP contribution in [0, 0.1) is 19.8 Å². The summed E-state index contributed by atoms with van der Waals surface area (Å²) in [4.78, 5) is 17.8. The fourth-order valence-corrected chi connectivity index (χ4v) is 5.92. The second-order valence-electron chi connectivity index (χ2n) is 8.84. The molecule has 3 rings (SSSR count). The standard InChI is InChI=1S/C23H38N4O3S/c1-4-25-14-16-26(17-15-25)11-5-10-24-23(28)21-8-12-27(13-9-21)31(29,30)22-7-6-19(2)20(3)18-22/h6-7,18,21H,4-5,8-17H2,1-3H3,(H,24,28). The smallest absolute Gasteiger partial charge is 0.243 e. The number of amides is 1. The summed E-state index contributed by atoms with van der Waals surface area (Å²) in [5, 5.41) is 3.07. The van der Waals surface area contributed by atoms with Gasteiger partial charge >= 0.3 is 0 Å². The molecule has 1 aromatic carbocycles. The zero-order valence-electron chi connectivity index (χ0n) is 19.3. The molecular weight excluding hydrogens is 412 g/mol. The predicted octanol–water partition coefficient (Wildman–Crippen LogP) is 1.85. The van der Waals surface area contributed by atoms with Gasteiger partial charge < -0.3 is 15.1 Å². The molecule has 2 aliphatic heterocycles. The number of hydrogen-bond acceptors (Lipinski definition) is 5. The summed E-state index contributed by atoms with van der Waals surface area (Å²) in [7, 11) is -3.50. The zero-order valence-corrected chi connectivity index (χ0v) is 20.1. The fraction of sp³-hybridized carbons (Fsp3) is 0.696. The van der Waals surface area contributed by atoms with Gasteiger partial charge in [-0.1, -0.05) is 13.0 Å². The lowest BCUT2D eigenvalue weighted by Crippen LogP contribution is -2.47. The highest BCUT2D eigenvalue weighted by atomic mass is 32.2. The Balaban J connectivity index is 1.39. The minimum absolute atomic E-state index is 0.0685. The fourth-order valence-electron chi connectivity index (χ4n) is 4.37. The normalized spacial score (nSPS) is 20.1. The average molecular weight is 451 g/mol. The summed E-state index contributed by atoms with van der Waals surface area (Å²) >= 11 is 0. The SMILES string of the molecule is CCN1CCN(CCCNC(=O)C2CCN(S(=O)(=O)c3ccc(C)c(C)c3)CC2)CC1. The Hall–Kier alpha value is -1.48. The average Bonchev–Trinajstić information content (AvgIpc) is 2.78. The lowest BCUT2D eigenvalue weighted by molar-refractivity contribution is -0.126. The van der Waals surface area contributed by atoms with Gasteiger partial charge in [0.25, 0.3) is 0 Å². The van der Waals surface area contributed by atoms with E-state index in [1.54, 1.807) is 12.1 Å². The Morgan fingerprint density at radius 2 is 1.65 bits per heavy atom.